The molecule has 0 heteroatoms. The Morgan fingerprint density at radius 1 is 0.264 bits per heavy atom. The lowest BCUT2D eigenvalue weighted by Gasteiger charge is -2.34. The van der Waals surface area contributed by atoms with E-state index in [2.05, 4.69) is 206 Å². The lowest BCUT2D eigenvalue weighted by atomic mass is 9.67. The highest BCUT2D eigenvalue weighted by atomic mass is 14.5. The van der Waals surface area contributed by atoms with Crippen molar-refractivity contribution in [3.63, 3.8) is 0 Å². The average Bonchev–Trinajstić information content (AvgIpc) is 3.54. The van der Waals surface area contributed by atoms with E-state index in [1.807, 2.05) is 0 Å². The van der Waals surface area contributed by atoms with Crippen LogP contribution in [-0.2, 0) is 5.41 Å². The summed E-state index contributed by atoms with van der Waals surface area (Å²) in [6.07, 6.45) is 0. The summed E-state index contributed by atoms with van der Waals surface area (Å²) in [5.74, 6) is 0. The molecule has 0 radical (unpaired) electrons. The van der Waals surface area contributed by atoms with E-state index in [9.17, 15) is 0 Å². The quantitative estimate of drug-likeness (QED) is 0.164. The molecule has 0 heterocycles. The molecule has 0 fully saturated rings. The van der Waals surface area contributed by atoms with Gasteiger partial charge in [0.05, 0.1) is 5.41 Å². The van der Waals surface area contributed by atoms with E-state index in [-0.39, 0.29) is 0 Å². The maximum absolute atomic E-state index is 2.53. The number of benzene rings is 10. The third kappa shape index (κ3) is 4.30. The Labute approximate surface area is 309 Å². The van der Waals surface area contributed by atoms with Crippen molar-refractivity contribution in [2.75, 3.05) is 0 Å². The minimum Gasteiger partial charge on any atom is -0.0622 e. The van der Waals surface area contributed by atoms with Gasteiger partial charge in [-0.2, -0.15) is 0 Å². The van der Waals surface area contributed by atoms with Crippen LogP contribution in [0, 0.1) is 0 Å². The topological polar surface area (TPSA) is 0 Å². The first-order valence-corrected chi connectivity index (χ1v) is 18.5. The fourth-order valence-corrected chi connectivity index (χ4v) is 9.49. The average molecular weight is 671 g/mol. The van der Waals surface area contributed by atoms with Crippen LogP contribution in [0.4, 0.5) is 0 Å². The molecule has 0 spiro atoms. The molecule has 0 bridgehead atoms. The van der Waals surface area contributed by atoms with Crippen molar-refractivity contribution in [2.45, 2.75) is 5.41 Å². The first-order valence-electron chi connectivity index (χ1n) is 18.5. The SMILES string of the molecule is c1ccc(C2(c3ccccc3)c3cc(-c4cc5ccccc5c5ccccc45)ccc3-c3c2cc(-c2cccc4ccccc24)c2ccccc32)cc1. The minimum atomic E-state index is -0.556. The first-order chi connectivity index (χ1) is 26.3. The lowest BCUT2D eigenvalue weighted by Crippen LogP contribution is -2.28. The second-order valence-electron chi connectivity index (χ2n) is 14.4. The molecule has 0 atom stereocenters. The zero-order chi connectivity index (χ0) is 34.9. The molecule has 0 aromatic heterocycles. The summed E-state index contributed by atoms with van der Waals surface area (Å²) in [6.45, 7) is 0. The van der Waals surface area contributed by atoms with Gasteiger partial charge in [-0.15, -0.1) is 0 Å². The second-order valence-corrected chi connectivity index (χ2v) is 14.4. The van der Waals surface area contributed by atoms with Gasteiger partial charge in [-0.05, 0) is 117 Å². The maximum Gasteiger partial charge on any atom is 0.0714 e. The summed E-state index contributed by atoms with van der Waals surface area (Å²) in [4.78, 5) is 0. The van der Waals surface area contributed by atoms with Crippen LogP contribution in [0.2, 0.25) is 0 Å². The summed E-state index contributed by atoms with van der Waals surface area (Å²) < 4.78 is 0. The van der Waals surface area contributed by atoms with Crippen molar-refractivity contribution in [3.05, 3.63) is 229 Å². The van der Waals surface area contributed by atoms with Crippen molar-refractivity contribution >= 4 is 43.1 Å². The molecule has 0 unspecified atom stereocenters. The Hall–Kier alpha value is -6.76. The maximum atomic E-state index is 2.53. The zero-order valence-corrected chi connectivity index (χ0v) is 29.1. The molecule has 0 N–H and O–H groups in total. The lowest BCUT2D eigenvalue weighted by molar-refractivity contribution is 0.769. The molecule has 246 valence electrons. The molecule has 53 heavy (non-hydrogen) atoms. The van der Waals surface area contributed by atoms with Crippen molar-refractivity contribution in [1.29, 1.82) is 0 Å². The Morgan fingerprint density at radius 2 is 0.811 bits per heavy atom. The minimum absolute atomic E-state index is 0.556. The molecule has 0 aliphatic heterocycles. The van der Waals surface area contributed by atoms with Crippen molar-refractivity contribution in [2.24, 2.45) is 0 Å². The molecular formula is C53H34. The summed E-state index contributed by atoms with van der Waals surface area (Å²) >= 11 is 0. The molecule has 0 saturated carbocycles. The third-order valence-corrected chi connectivity index (χ3v) is 11.7. The number of hydrogen-bond acceptors (Lipinski definition) is 0. The largest absolute Gasteiger partial charge is 0.0714 e. The van der Waals surface area contributed by atoms with Crippen molar-refractivity contribution in [3.8, 4) is 33.4 Å². The Kier molecular flexibility index (Phi) is 6.57. The Balaban J connectivity index is 1.30. The van der Waals surface area contributed by atoms with Crippen LogP contribution in [0.1, 0.15) is 22.3 Å². The van der Waals surface area contributed by atoms with Gasteiger partial charge in [0.15, 0.2) is 0 Å². The summed E-state index contributed by atoms with van der Waals surface area (Å²) in [7, 11) is 0. The van der Waals surface area contributed by atoms with E-state index in [0.717, 1.165) is 0 Å². The van der Waals surface area contributed by atoms with E-state index < -0.39 is 5.41 Å². The summed E-state index contributed by atoms with van der Waals surface area (Å²) in [5, 5.41) is 10.2. The zero-order valence-electron chi connectivity index (χ0n) is 29.1. The molecule has 11 rings (SSSR count). The highest BCUT2D eigenvalue weighted by molar-refractivity contribution is 6.15. The highest BCUT2D eigenvalue weighted by Gasteiger charge is 2.47. The molecule has 1 aliphatic carbocycles. The molecule has 10 aromatic carbocycles. The van der Waals surface area contributed by atoms with Crippen LogP contribution in [0.25, 0.3) is 76.5 Å². The van der Waals surface area contributed by atoms with E-state index in [1.165, 1.54) is 98.7 Å². The van der Waals surface area contributed by atoms with E-state index in [0.29, 0.717) is 0 Å². The fraction of sp³-hybridized carbons (Fsp3) is 0.0189. The van der Waals surface area contributed by atoms with Crippen LogP contribution < -0.4 is 0 Å². The molecule has 0 amide bonds. The van der Waals surface area contributed by atoms with E-state index in [1.54, 1.807) is 0 Å². The van der Waals surface area contributed by atoms with Crippen LogP contribution in [0.5, 0.6) is 0 Å². The number of rotatable bonds is 4. The Bertz CT molecular complexity index is 3000. The number of hydrogen-bond donors (Lipinski definition) is 0. The normalized spacial score (nSPS) is 13.1. The molecular weight excluding hydrogens is 637 g/mol. The van der Waals surface area contributed by atoms with Crippen molar-refractivity contribution in [1.82, 2.24) is 0 Å². The van der Waals surface area contributed by atoms with Crippen LogP contribution in [-0.4, -0.2) is 0 Å². The summed E-state index contributed by atoms with van der Waals surface area (Å²) in [5.41, 5.74) is 12.3. The van der Waals surface area contributed by atoms with Gasteiger partial charge in [-0.3, -0.25) is 0 Å². The smallest absolute Gasteiger partial charge is 0.0622 e. The number of fused-ring (bicyclic) bond motifs is 9. The van der Waals surface area contributed by atoms with Gasteiger partial charge in [-0.25, -0.2) is 0 Å². The highest BCUT2D eigenvalue weighted by Crippen LogP contribution is 2.60. The molecule has 0 saturated heterocycles. The van der Waals surface area contributed by atoms with Gasteiger partial charge in [0.2, 0.25) is 0 Å². The van der Waals surface area contributed by atoms with Gasteiger partial charge in [0, 0.05) is 0 Å². The Morgan fingerprint density at radius 3 is 1.53 bits per heavy atom. The van der Waals surface area contributed by atoms with Gasteiger partial charge < -0.3 is 0 Å². The molecule has 0 nitrogen and oxygen atoms in total. The van der Waals surface area contributed by atoms with Crippen molar-refractivity contribution < 1.29 is 0 Å². The monoisotopic (exact) mass is 670 g/mol. The fourth-order valence-electron chi connectivity index (χ4n) is 9.49. The van der Waals surface area contributed by atoms with E-state index >= 15 is 0 Å². The summed E-state index contributed by atoms with van der Waals surface area (Å²) in [6, 6.07) is 76.8. The first kappa shape index (κ1) is 29.9. The van der Waals surface area contributed by atoms with Crippen LogP contribution in [0.15, 0.2) is 206 Å². The molecule has 10 aromatic rings. The molecule has 1 aliphatic rings. The van der Waals surface area contributed by atoms with Gasteiger partial charge >= 0.3 is 0 Å². The van der Waals surface area contributed by atoms with Gasteiger partial charge in [-0.1, -0.05) is 188 Å². The predicted octanol–water partition coefficient (Wildman–Crippen LogP) is 14.0. The predicted molar refractivity (Wildman–Crippen MR) is 225 cm³/mol. The third-order valence-electron chi connectivity index (χ3n) is 11.7. The van der Waals surface area contributed by atoms with Gasteiger partial charge in [0.25, 0.3) is 0 Å². The standard InChI is InChI=1S/C53H34/c1-3-19-38(20-4-1)53(39-21-5-2-6-22-39)50-33-37(48-32-36-17-8-10-24-41(36)42-25-11-12-26-44(42)48)30-31-47(50)52-46-28-14-13-27-45(46)49(34-51(52)53)43-29-15-18-35-16-7-9-23-40(35)43/h1-34H. The van der Waals surface area contributed by atoms with Crippen LogP contribution in [0.3, 0.4) is 0 Å². The van der Waals surface area contributed by atoms with Crippen LogP contribution >= 0.6 is 0 Å². The van der Waals surface area contributed by atoms with Gasteiger partial charge in [0.1, 0.15) is 0 Å². The second kappa shape index (κ2) is 11.6. The van der Waals surface area contributed by atoms with E-state index in [4.69, 9.17) is 0 Å².